The first-order valence-corrected chi connectivity index (χ1v) is 9.86. The summed E-state index contributed by atoms with van der Waals surface area (Å²) in [6.07, 6.45) is 3.74. The molecule has 32 heavy (non-hydrogen) atoms. The average molecular weight is 438 g/mol. The van der Waals surface area contributed by atoms with Crippen LogP contribution in [0.15, 0.2) is 49.1 Å². The molecule has 2 aromatic carbocycles. The molecule has 4 rings (SSSR count). The predicted octanol–water partition coefficient (Wildman–Crippen LogP) is 2.87. The van der Waals surface area contributed by atoms with E-state index in [4.69, 9.17) is 0 Å². The number of nitrogens with zero attached hydrogens (tertiary/aromatic N) is 5. The highest BCUT2D eigenvalue weighted by Gasteiger charge is 2.35. The molecule has 2 amide bonds. The van der Waals surface area contributed by atoms with Crippen LogP contribution in [0.5, 0.6) is 0 Å². The van der Waals surface area contributed by atoms with Crippen LogP contribution < -0.4 is 5.32 Å². The van der Waals surface area contributed by atoms with Crippen molar-refractivity contribution in [1.82, 2.24) is 19.7 Å². The maximum Gasteiger partial charge on any atom is 0.272 e. The van der Waals surface area contributed by atoms with Crippen molar-refractivity contribution in [3.63, 3.8) is 0 Å². The number of halogens is 1. The Bertz CT molecular complexity index is 1200. The van der Waals surface area contributed by atoms with E-state index in [1.807, 2.05) is 0 Å². The molecule has 1 N–H and O–H groups in total. The van der Waals surface area contributed by atoms with Gasteiger partial charge in [-0.1, -0.05) is 0 Å². The fourth-order valence-corrected chi connectivity index (χ4v) is 3.77. The molecule has 0 bridgehead atoms. The van der Waals surface area contributed by atoms with Gasteiger partial charge in [0.05, 0.1) is 4.92 Å². The third-order valence-electron chi connectivity index (χ3n) is 5.34. The number of aryl methyl sites for hydroxylation is 1. The molecule has 1 unspecified atom stereocenters. The molecule has 1 aliphatic heterocycles. The first-order valence-electron chi connectivity index (χ1n) is 9.86. The zero-order chi connectivity index (χ0) is 22.8. The molecule has 1 saturated heterocycles. The molecule has 3 aromatic rings. The number of benzene rings is 2. The van der Waals surface area contributed by atoms with Gasteiger partial charge in [-0.05, 0) is 50.1 Å². The van der Waals surface area contributed by atoms with Gasteiger partial charge in [-0.25, -0.2) is 14.1 Å². The van der Waals surface area contributed by atoms with Gasteiger partial charge in [-0.3, -0.25) is 19.7 Å². The van der Waals surface area contributed by atoms with Gasteiger partial charge < -0.3 is 10.2 Å². The highest BCUT2D eigenvalue weighted by atomic mass is 19.1. The normalized spacial score (nSPS) is 15.6. The lowest BCUT2D eigenvalue weighted by atomic mass is 10.1. The van der Waals surface area contributed by atoms with Crippen LogP contribution in [0.4, 0.5) is 15.8 Å². The highest BCUT2D eigenvalue weighted by molar-refractivity contribution is 6.01. The van der Waals surface area contributed by atoms with Crippen LogP contribution in [0.1, 0.15) is 28.8 Å². The smallest absolute Gasteiger partial charge is 0.272 e. The molecule has 0 saturated carbocycles. The fourth-order valence-electron chi connectivity index (χ4n) is 3.77. The SMILES string of the molecule is Cc1cc(C(=O)N2CCCC2C(=O)Nc2ccc(-n3cncn3)c(F)c2)ccc1[N+](=O)[O-]. The van der Waals surface area contributed by atoms with Crippen molar-refractivity contribution >= 4 is 23.2 Å². The second kappa shape index (κ2) is 8.53. The van der Waals surface area contributed by atoms with E-state index in [-0.39, 0.29) is 28.5 Å². The number of nitro benzene ring substituents is 1. The van der Waals surface area contributed by atoms with E-state index in [9.17, 15) is 24.1 Å². The third-order valence-corrected chi connectivity index (χ3v) is 5.34. The standard InChI is InChI=1S/C21H19FN6O4/c1-13-9-14(4-6-17(13)28(31)32)21(30)26-8-2-3-19(26)20(29)25-15-5-7-18(16(22)10-15)27-12-23-11-24-27/h4-7,9-12,19H,2-3,8H2,1H3,(H,25,29). The largest absolute Gasteiger partial charge is 0.327 e. The molecule has 0 aliphatic carbocycles. The Labute approximate surface area is 181 Å². The van der Waals surface area contributed by atoms with E-state index >= 15 is 0 Å². The summed E-state index contributed by atoms with van der Waals surface area (Å²) in [5.41, 5.74) is 1.00. The summed E-state index contributed by atoms with van der Waals surface area (Å²) in [6, 6.07) is 7.58. The number of rotatable bonds is 5. The summed E-state index contributed by atoms with van der Waals surface area (Å²) in [6.45, 7) is 1.94. The Balaban J connectivity index is 1.49. The molecule has 164 valence electrons. The van der Waals surface area contributed by atoms with Crippen LogP contribution in [-0.4, -0.2) is 49.0 Å². The summed E-state index contributed by atoms with van der Waals surface area (Å²) >= 11 is 0. The van der Waals surface area contributed by atoms with Gasteiger partial charge in [0.15, 0.2) is 5.82 Å². The molecular formula is C21H19FN6O4. The molecule has 2 heterocycles. The Hall–Kier alpha value is -4.15. The van der Waals surface area contributed by atoms with Gasteiger partial charge in [-0.15, -0.1) is 0 Å². The minimum absolute atomic E-state index is 0.0753. The third kappa shape index (κ3) is 4.04. The van der Waals surface area contributed by atoms with Gasteiger partial charge in [0.2, 0.25) is 5.91 Å². The van der Waals surface area contributed by atoms with E-state index < -0.39 is 22.7 Å². The fraction of sp³-hybridized carbons (Fsp3) is 0.238. The number of carbonyl (C=O) groups excluding carboxylic acids is 2. The number of hydrogen-bond donors (Lipinski definition) is 1. The molecule has 1 aromatic heterocycles. The van der Waals surface area contributed by atoms with Crippen molar-refractivity contribution in [2.75, 3.05) is 11.9 Å². The first-order chi connectivity index (χ1) is 15.3. The van der Waals surface area contributed by atoms with E-state index in [1.54, 1.807) is 13.0 Å². The molecule has 1 atom stereocenters. The van der Waals surface area contributed by atoms with Crippen molar-refractivity contribution in [2.45, 2.75) is 25.8 Å². The Morgan fingerprint density at radius 2 is 2.06 bits per heavy atom. The lowest BCUT2D eigenvalue weighted by Gasteiger charge is -2.24. The summed E-state index contributed by atoms with van der Waals surface area (Å²) in [7, 11) is 0. The van der Waals surface area contributed by atoms with E-state index in [1.165, 1.54) is 52.6 Å². The number of hydrogen-bond acceptors (Lipinski definition) is 6. The summed E-state index contributed by atoms with van der Waals surface area (Å²) in [5, 5.41) is 17.5. The average Bonchev–Trinajstić information content (AvgIpc) is 3.45. The quantitative estimate of drug-likeness (QED) is 0.483. The van der Waals surface area contributed by atoms with Crippen molar-refractivity contribution in [3.8, 4) is 5.69 Å². The Morgan fingerprint density at radius 1 is 1.25 bits per heavy atom. The molecule has 10 nitrogen and oxygen atoms in total. The lowest BCUT2D eigenvalue weighted by Crippen LogP contribution is -2.43. The van der Waals surface area contributed by atoms with Crippen molar-refractivity contribution in [3.05, 3.63) is 76.1 Å². The first kappa shape index (κ1) is 21.1. The molecule has 0 radical (unpaired) electrons. The maximum absolute atomic E-state index is 14.4. The van der Waals surface area contributed by atoms with Gasteiger partial charge in [0.25, 0.3) is 11.6 Å². The van der Waals surface area contributed by atoms with Crippen LogP contribution in [-0.2, 0) is 4.79 Å². The van der Waals surface area contributed by atoms with Crippen LogP contribution >= 0.6 is 0 Å². The summed E-state index contributed by atoms with van der Waals surface area (Å²) < 4.78 is 15.7. The van der Waals surface area contributed by atoms with E-state index in [0.717, 1.165) is 0 Å². The van der Waals surface area contributed by atoms with Crippen molar-refractivity contribution < 1.29 is 18.9 Å². The Morgan fingerprint density at radius 3 is 2.72 bits per heavy atom. The monoisotopic (exact) mass is 438 g/mol. The molecule has 0 spiro atoms. The van der Waals surface area contributed by atoms with Crippen LogP contribution in [0.3, 0.4) is 0 Å². The lowest BCUT2D eigenvalue weighted by molar-refractivity contribution is -0.385. The zero-order valence-electron chi connectivity index (χ0n) is 17.1. The summed E-state index contributed by atoms with van der Waals surface area (Å²) in [4.78, 5) is 41.5. The molecule has 1 fully saturated rings. The van der Waals surface area contributed by atoms with Crippen molar-refractivity contribution in [1.29, 1.82) is 0 Å². The molecular weight excluding hydrogens is 419 g/mol. The second-order valence-corrected chi connectivity index (χ2v) is 7.41. The van der Waals surface area contributed by atoms with Gasteiger partial charge in [-0.2, -0.15) is 5.10 Å². The number of nitro groups is 1. The molecule has 11 heteroatoms. The number of likely N-dealkylation sites (tertiary alicyclic amines) is 1. The van der Waals surface area contributed by atoms with Gasteiger partial charge in [0.1, 0.15) is 24.4 Å². The Kier molecular flexibility index (Phi) is 5.63. The summed E-state index contributed by atoms with van der Waals surface area (Å²) in [5.74, 6) is -1.40. The van der Waals surface area contributed by atoms with Gasteiger partial charge >= 0.3 is 0 Å². The number of aromatic nitrogens is 3. The molecule has 1 aliphatic rings. The topological polar surface area (TPSA) is 123 Å². The van der Waals surface area contributed by atoms with Crippen molar-refractivity contribution in [2.24, 2.45) is 0 Å². The maximum atomic E-state index is 14.4. The highest BCUT2D eigenvalue weighted by Crippen LogP contribution is 2.25. The second-order valence-electron chi connectivity index (χ2n) is 7.41. The number of carbonyl (C=O) groups is 2. The zero-order valence-corrected chi connectivity index (χ0v) is 17.1. The predicted molar refractivity (Wildman–Crippen MR) is 112 cm³/mol. The number of amides is 2. The minimum atomic E-state index is -0.726. The van der Waals surface area contributed by atoms with E-state index in [2.05, 4.69) is 15.4 Å². The van der Waals surface area contributed by atoms with Gasteiger partial charge in [0, 0.05) is 29.4 Å². The number of anilines is 1. The minimum Gasteiger partial charge on any atom is -0.327 e. The van der Waals surface area contributed by atoms with Crippen LogP contribution in [0, 0.1) is 22.9 Å². The van der Waals surface area contributed by atoms with Crippen LogP contribution in [0.25, 0.3) is 5.69 Å². The number of nitrogens with one attached hydrogen (secondary N) is 1. The van der Waals surface area contributed by atoms with Crippen LogP contribution in [0.2, 0.25) is 0 Å². The van der Waals surface area contributed by atoms with E-state index in [0.29, 0.717) is 24.9 Å².